The fourth-order valence-corrected chi connectivity index (χ4v) is 9.38. The van der Waals surface area contributed by atoms with Gasteiger partial charge in [-0.05, 0) is 75.3 Å². The van der Waals surface area contributed by atoms with E-state index in [1.54, 1.807) is 0 Å². The molecule has 30 heavy (non-hydrogen) atoms. The molecule has 1 heteroatoms. The minimum Gasteiger partial charge on any atom is -0.0636 e. The Labute approximate surface area is 185 Å². The summed E-state index contributed by atoms with van der Waals surface area (Å²) < 4.78 is 0. The van der Waals surface area contributed by atoms with Crippen LogP contribution in [0.4, 0.5) is 0 Å². The molecule has 0 atom stereocenters. The van der Waals surface area contributed by atoms with Crippen molar-refractivity contribution in [2.75, 3.05) is 0 Å². The molecule has 0 nitrogen and oxygen atoms in total. The normalized spacial score (nSPS) is 12.5. The third-order valence-electron chi connectivity index (χ3n) is 5.79. The van der Waals surface area contributed by atoms with Crippen molar-refractivity contribution >= 4 is 13.2 Å². The maximum Gasteiger partial charge on any atom is -0.0101 e. The summed E-state index contributed by atoms with van der Waals surface area (Å²) >= 11 is 0. The summed E-state index contributed by atoms with van der Waals surface area (Å²) in [4.78, 5) is 0. The summed E-state index contributed by atoms with van der Waals surface area (Å²) in [6, 6.07) is 22.4. The number of rotatable bonds is 3. The van der Waals surface area contributed by atoms with Crippen molar-refractivity contribution in [2.24, 2.45) is 0 Å². The Balaban J connectivity index is 2.34. The molecule has 0 saturated heterocycles. The van der Waals surface area contributed by atoms with Gasteiger partial charge in [0.15, 0.2) is 0 Å². The van der Waals surface area contributed by atoms with E-state index < -0.39 is 0 Å². The van der Waals surface area contributed by atoms with Crippen molar-refractivity contribution in [3.05, 3.63) is 77.4 Å². The van der Waals surface area contributed by atoms with E-state index >= 15 is 0 Å². The van der Waals surface area contributed by atoms with Gasteiger partial charge in [0.1, 0.15) is 0 Å². The van der Waals surface area contributed by atoms with E-state index in [2.05, 4.69) is 123 Å². The molecular formula is C29H37P. The lowest BCUT2D eigenvalue weighted by atomic mass is 9.86. The highest BCUT2D eigenvalue weighted by Gasteiger charge is 2.37. The molecule has 0 aliphatic rings. The van der Waals surface area contributed by atoms with E-state index in [1.165, 1.54) is 44.2 Å². The molecule has 0 aromatic heterocycles. The van der Waals surface area contributed by atoms with E-state index in [0.29, 0.717) is 0 Å². The van der Waals surface area contributed by atoms with Gasteiger partial charge in [-0.15, -0.1) is 0 Å². The minimum absolute atomic E-state index is 0.235. The summed E-state index contributed by atoms with van der Waals surface area (Å²) in [6.45, 7) is 21.3. The molecule has 0 radical (unpaired) electrons. The van der Waals surface area contributed by atoms with Crippen molar-refractivity contribution in [3.63, 3.8) is 0 Å². The molecular weight excluding hydrogens is 379 g/mol. The number of hydrogen-bond donors (Lipinski definition) is 0. The molecule has 0 saturated carbocycles. The molecule has 0 unspecified atom stereocenters. The maximum absolute atomic E-state index is 2.41. The van der Waals surface area contributed by atoms with Crippen molar-refractivity contribution in [1.29, 1.82) is 0 Å². The highest BCUT2D eigenvalue weighted by atomic mass is 31.1. The van der Waals surface area contributed by atoms with Gasteiger partial charge >= 0.3 is 0 Å². The zero-order valence-corrected chi connectivity index (χ0v) is 21.1. The standard InChI is InChI=1S/C29H37P/c1-20-19-21(2)27(22(3)26(20)23-15-11-10-12-16-23)24-17-13-14-18-25(24)30(28(4,5)6)29(7,8)9/h10-19H,1-9H3. The van der Waals surface area contributed by atoms with Crippen LogP contribution in [0.5, 0.6) is 0 Å². The van der Waals surface area contributed by atoms with E-state index in [1.807, 2.05) is 0 Å². The Morgan fingerprint density at radius 1 is 0.600 bits per heavy atom. The fraction of sp³-hybridized carbons (Fsp3) is 0.379. The van der Waals surface area contributed by atoms with E-state index in [-0.39, 0.29) is 18.2 Å². The Kier molecular flexibility index (Phi) is 6.31. The first-order valence-electron chi connectivity index (χ1n) is 11.0. The van der Waals surface area contributed by atoms with Gasteiger partial charge in [-0.2, -0.15) is 0 Å². The van der Waals surface area contributed by atoms with E-state index in [9.17, 15) is 0 Å². The molecule has 0 aliphatic heterocycles. The molecule has 3 aromatic carbocycles. The molecule has 0 fully saturated rings. The smallest absolute Gasteiger partial charge is 0.0101 e. The number of hydrogen-bond acceptors (Lipinski definition) is 0. The minimum atomic E-state index is -0.379. The third kappa shape index (κ3) is 4.40. The summed E-state index contributed by atoms with van der Waals surface area (Å²) in [5.41, 5.74) is 9.63. The van der Waals surface area contributed by atoms with Crippen LogP contribution < -0.4 is 5.30 Å². The molecule has 3 aromatic rings. The van der Waals surface area contributed by atoms with Crippen LogP contribution in [0.3, 0.4) is 0 Å². The van der Waals surface area contributed by atoms with Crippen molar-refractivity contribution < 1.29 is 0 Å². The SMILES string of the molecule is Cc1cc(C)c(-c2ccccc2P(C(C)(C)C)C(C)(C)C)c(C)c1-c1ccccc1. The monoisotopic (exact) mass is 416 g/mol. The Morgan fingerprint density at radius 3 is 1.67 bits per heavy atom. The lowest BCUT2D eigenvalue weighted by molar-refractivity contribution is 0.715. The van der Waals surface area contributed by atoms with Gasteiger partial charge in [0, 0.05) is 0 Å². The van der Waals surface area contributed by atoms with Crippen LogP contribution in [0.1, 0.15) is 58.2 Å². The van der Waals surface area contributed by atoms with Crippen molar-refractivity contribution in [1.82, 2.24) is 0 Å². The second-order valence-corrected chi connectivity index (χ2v) is 14.3. The second kappa shape index (κ2) is 8.32. The Hall–Kier alpha value is -1.91. The lowest BCUT2D eigenvalue weighted by Gasteiger charge is -2.43. The summed E-state index contributed by atoms with van der Waals surface area (Å²) in [5.74, 6) is 0. The zero-order chi connectivity index (χ0) is 22.3. The predicted octanol–water partition coefficient (Wildman–Crippen LogP) is 8.65. The molecule has 0 amide bonds. The average molecular weight is 417 g/mol. The summed E-state index contributed by atoms with van der Waals surface area (Å²) in [7, 11) is -0.379. The van der Waals surface area contributed by atoms with Gasteiger partial charge < -0.3 is 0 Å². The number of benzene rings is 3. The fourth-order valence-electron chi connectivity index (χ4n) is 5.26. The van der Waals surface area contributed by atoms with E-state index in [4.69, 9.17) is 0 Å². The topological polar surface area (TPSA) is 0 Å². The molecule has 0 bridgehead atoms. The van der Waals surface area contributed by atoms with Crippen LogP contribution >= 0.6 is 7.92 Å². The molecule has 0 heterocycles. The maximum atomic E-state index is 2.41. The first-order valence-corrected chi connectivity index (χ1v) is 12.3. The molecule has 0 spiro atoms. The van der Waals surface area contributed by atoms with Gasteiger partial charge in [0.2, 0.25) is 0 Å². The number of aryl methyl sites for hydroxylation is 2. The Morgan fingerprint density at radius 2 is 1.10 bits per heavy atom. The zero-order valence-electron chi connectivity index (χ0n) is 20.2. The molecule has 158 valence electrons. The summed E-state index contributed by atoms with van der Waals surface area (Å²) in [5, 5.41) is 2.00. The third-order valence-corrected chi connectivity index (χ3v) is 9.35. The molecule has 3 rings (SSSR count). The first kappa shape index (κ1) is 22.8. The van der Waals surface area contributed by atoms with Gasteiger partial charge in [-0.25, -0.2) is 0 Å². The average Bonchev–Trinajstić information content (AvgIpc) is 2.61. The Bertz CT molecular complexity index is 1020. The van der Waals surface area contributed by atoms with Crippen LogP contribution in [0, 0.1) is 20.8 Å². The molecule has 0 N–H and O–H groups in total. The van der Waals surface area contributed by atoms with Gasteiger partial charge in [-0.3, -0.25) is 0 Å². The van der Waals surface area contributed by atoms with Gasteiger partial charge in [-0.1, -0.05) is 110 Å². The van der Waals surface area contributed by atoms with Crippen LogP contribution in [0.2, 0.25) is 0 Å². The first-order chi connectivity index (χ1) is 13.9. The largest absolute Gasteiger partial charge is 0.0636 e. The van der Waals surface area contributed by atoms with Crippen LogP contribution in [-0.2, 0) is 0 Å². The summed E-state index contributed by atoms with van der Waals surface area (Å²) in [6.07, 6.45) is 0. The van der Waals surface area contributed by atoms with Crippen molar-refractivity contribution in [2.45, 2.75) is 72.6 Å². The highest BCUT2D eigenvalue weighted by molar-refractivity contribution is 7.68. The van der Waals surface area contributed by atoms with Gasteiger partial charge in [0.05, 0.1) is 0 Å². The predicted molar refractivity (Wildman–Crippen MR) is 138 cm³/mol. The van der Waals surface area contributed by atoms with E-state index in [0.717, 1.165) is 0 Å². The molecule has 0 aliphatic carbocycles. The van der Waals surface area contributed by atoms with Crippen LogP contribution in [0.15, 0.2) is 60.7 Å². The van der Waals surface area contributed by atoms with Gasteiger partial charge in [0.25, 0.3) is 0 Å². The second-order valence-electron chi connectivity index (χ2n) is 10.4. The lowest BCUT2D eigenvalue weighted by Crippen LogP contribution is -2.32. The van der Waals surface area contributed by atoms with Crippen molar-refractivity contribution in [3.8, 4) is 22.3 Å². The van der Waals surface area contributed by atoms with Crippen LogP contribution in [-0.4, -0.2) is 10.3 Å². The highest BCUT2D eigenvalue weighted by Crippen LogP contribution is 2.59. The quantitative estimate of drug-likeness (QED) is 0.375. The van der Waals surface area contributed by atoms with Crippen LogP contribution in [0.25, 0.3) is 22.3 Å².